The van der Waals surface area contributed by atoms with Crippen LogP contribution in [0.1, 0.15) is 45.5 Å². The standard InChI is InChI=1S/C20H25N3O3/c1-13-19(25)23(14-8-10-15(26-5)11-9-14)17(16-7-6-12-22(13)16)18(24)21-20(2,3)4/h6-13,17H,1-5H3,(H,21,24)/t13-,17?/m0/s1. The molecular formula is C20H25N3O3. The molecule has 0 bridgehead atoms. The molecule has 1 aliphatic rings. The van der Waals surface area contributed by atoms with Gasteiger partial charge in [-0.05, 0) is 64.1 Å². The average Bonchev–Trinajstić information content (AvgIpc) is 3.06. The first-order valence-electron chi connectivity index (χ1n) is 8.69. The Morgan fingerprint density at radius 2 is 1.81 bits per heavy atom. The van der Waals surface area contributed by atoms with Crippen molar-refractivity contribution < 1.29 is 14.3 Å². The van der Waals surface area contributed by atoms with Crippen molar-refractivity contribution in [3.8, 4) is 5.75 Å². The maximum Gasteiger partial charge on any atom is 0.250 e. The smallest absolute Gasteiger partial charge is 0.250 e. The summed E-state index contributed by atoms with van der Waals surface area (Å²) in [7, 11) is 1.59. The van der Waals surface area contributed by atoms with Crippen LogP contribution in [0.15, 0.2) is 42.6 Å². The Balaban J connectivity index is 2.09. The highest BCUT2D eigenvalue weighted by Gasteiger charge is 2.42. The number of carbonyl (C=O) groups excluding carboxylic acids is 2. The SMILES string of the molecule is COc1ccc(N2C(=O)[C@H](C)n3cccc3C2C(=O)NC(C)(C)C)cc1. The molecule has 0 fully saturated rings. The van der Waals surface area contributed by atoms with Crippen LogP contribution in [-0.4, -0.2) is 29.0 Å². The highest BCUT2D eigenvalue weighted by Crippen LogP contribution is 2.37. The lowest BCUT2D eigenvalue weighted by molar-refractivity contribution is -0.130. The van der Waals surface area contributed by atoms with Crippen molar-refractivity contribution in [2.75, 3.05) is 12.0 Å². The lowest BCUT2D eigenvalue weighted by atomic mass is 10.0. The zero-order valence-corrected chi connectivity index (χ0v) is 15.8. The summed E-state index contributed by atoms with van der Waals surface area (Å²) in [6.07, 6.45) is 1.85. The molecule has 1 aromatic heterocycles. The number of ether oxygens (including phenoxy) is 1. The van der Waals surface area contributed by atoms with Gasteiger partial charge in [-0.1, -0.05) is 0 Å². The number of fused-ring (bicyclic) bond motifs is 1. The van der Waals surface area contributed by atoms with E-state index in [1.54, 1.807) is 36.3 Å². The molecule has 1 aromatic carbocycles. The summed E-state index contributed by atoms with van der Waals surface area (Å²) >= 11 is 0. The number of rotatable bonds is 3. The molecule has 6 heteroatoms. The van der Waals surface area contributed by atoms with Gasteiger partial charge in [0.2, 0.25) is 5.91 Å². The monoisotopic (exact) mass is 355 g/mol. The van der Waals surface area contributed by atoms with Gasteiger partial charge in [0, 0.05) is 17.4 Å². The number of methoxy groups -OCH3 is 1. The van der Waals surface area contributed by atoms with Crippen molar-refractivity contribution >= 4 is 17.5 Å². The summed E-state index contributed by atoms with van der Waals surface area (Å²) in [6.45, 7) is 7.62. The fourth-order valence-electron chi connectivity index (χ4n) is 3.28. The van der Waals surface area contributed by atoms with E-state index in [9.17, 15) is 9.59 Å². The van der Waals surface area contributed by atoms with Crippen LogP contribution in [0.25, 0.3) is 0 Å². The van der Waals surface area contributed by atoms with E-state index in [-0.39, 0.29) is 17.9 Å². The molecule has 2 aromatic rings. The third kappa shape index (κ3) is 3.19. The summed E-state index contributed by atoms with van der Waals surface area (Å²) < 4.78 is 7.07. The van der Waals surface area contributed by atoms with Crippen LogP contribution in [0.2, 0.25) is 0 Å². The molecule has 0 aliphatic carbocycles. The summed E-state index contributed by atoms with van der Waals surface area (Å²) in [6, 6.07) is 9.86. The predicted octanol–water partition coefficient (Wildman–Crippen LogP) is 3.06. The Hall–Kier alpha value is -2.76. The number of amides is 2. The Bertz CT molecular complexity index is 818. The third-order valence-corrected chi connectivity index (χ3v) is 4.46. The molecule has 1 aliphatic heterocycles. The second-order valence-corrected chi connectivity index (χ2v) is 7.56. The molecule has 6 nitrogen and oxygen atoms in total. The highest BCUT2D eigenvalue weighted by molar-refractivity contribution is 6.04. The lowest BCUT2D eigenvalue weighted by Crippen LogP contribution is -2.53. The van der Waals surface area contributed by atoms with Gasteiger partial charge in [-0.2, -0.15) is 0 Å². The number of anilines is 1. The van der Waals surface area contributed by atoms with E-state index >= 15 is 0 Å². The first-order chi connectivity index (χ1) is 12.2. The molecule has 0 spiro atoms. The number of hydrogen-bond donors (Lipinski definition) is 1. The van der Waals surface area contributed by atoms with Crippen LogP contribution < -0.4 is 15.0 Å². The van der Waals surface area contributed by atoms with E-state index < -0.39 is 11.6 Å². The third-order valence-electron chi connectivity index (χ3n) is 4.46. The van der Waals surface area contributed by atoms with Crippen LogP contribution in [0, 0.1) is 0 Å². The molecule has 0 saturated carbocycles. The maximum absolute atomic E-state index is 13.1. The van der Waals surface area contributed by atoms with Gasteiger partial charge in [0.05, 0.1) is 12.8 Å². The number of nitrogens with zero attached hydrogens (tertiary/aromatic N) is 2. The number of carbonyl (C=O) groups is 2. The number of benzene rings is 1. The van der Waals surface area contributed by atoms with Gasteiger partial charge in [0.25, 0.3) is 5.91 Å². The van der Waals surface area contributed by atoms with E-state index in [0.717, 1.165) is 5.69 Å². The summed E-state index contributed by atoms with van der Waals surface area (Å²) in [5.41, 5.74) is 1.07. The largest absolute Gasteiger partial charge is 0.497 e. The minimum Gasteiger partial charge on any atom is -0.497 e. The van der Waals surface area contributed by atoms with E-state index in [1.165, 1.54) is 0 Å². The van der Waals surface area contributed by atoms with Gasteiger partial charge in [-0.15, -0.1) is 0 Å². The van der Waals surface area contributed by atoms with Gasteiger partial charge < -0.3 is 14.6 Å². The van der Waals surface area contributed by atoms with Crippen LogP contribution in [-0.2, 0) is 9.59 Å². The van der Waals surface area contributed by atoms with Crippen LogP contribution in [0.5, 0.6) is 5.75 Å². The minimum atomic E-state index is -0.721. The zero-order chi connectivity index (χ0) is 19.1. The minimum absolute atomic E-state index is 0.118. The number of aromatic nitrogens is 1. The molecule has 138 valence electrons. The van der Waals surface area contributed by atoms with Gasteiger partial charge in [-0.3, -0.25) is 14.5 Å². The molecule has 0 saturated heterocycles. The van der Waals surface area contributed by atoms with Crippen LogP contribution in [0.3, 0.4) is 0 Å². The summed E-state index contributed by atoms with van der Waals surface area (Å²) in [5.74, 6) is 0.381. The van der Waals surface area contributed by atoms with E-state index in [4.69, 9.17) is 4.74 Å². The Kier molecular flexibility index (Phi) is 4.52. The first kappa shape index (κ1) is 18.0. The Labute approximate surface area is 153 Å². The molecular weight excluding hydrogens is 330 g/mol. The predicted molar refractivity (Wildman–Crippen MR) is 100 cm³/mol. The van der Waals surface area contributed by atoms with Gasteiger partial charge in [0.15, 0.2) is 6.04 Å². The quantitative estimate of drug-likeness (QED) is 0.920. The normalized spacial score (nSPS) is 19.9. The molecule has 0 radical (unpaired) electrons. The van der Waals surface area contributed by atoms with E-state index in [0.29, 0.717) is 11.4 Å². The summed E-state index contributed by atoms with van der Waals surface area (Å²) in [5, 5.41) is 3.01. The van der Waals surface area contributed by atoms with Crippen molar-refractivity contribution in [1.82, 2.24) is 9.88 Å². The molecule has 2 atom stereocenters. The van der Waals surface area contributed by atoms with Crippen molar-refractivity contribution in [2.24, 2.45) is 0 Å². The fraction of sp³-hybridized carbons (Fsp3) is 0.400. The number of nitrogens with one attached hydrogen (secondary N) is 1. The van der Waals surface area contributed by atoms with Crippen molar-refractivity contribution in [1.29, 1.82) is 0 Å². The van der Waals surface area contributed by atoms with Crippen molar-refractivity contribution in [3.05, 3.63) is 48.3 Å². The lowest BCUT2D eigenvalue weighted by Gasteiger charge is -2.40. The van der Waals surface area contributed by atoms with Crippen molar-refractivity contribution in [2.45, 2.75) is 45.3 Å². The molecule has 26 heavy (non-hydrogen) atoms. The van der Waals surface area contributed by atoms with Crippen molar-refractivity contribution in [3.63, 3.8) is 0 Å². The Morgan fingerprint density at radius 3 is 2.38 bits per heavy atom. The number of hydrogen-bond acceptors (Lipinski definition) is 3. The van der Waals surface area contributed by atoms with Gasteiger partial charge >= 0.3 is 0 Å². The summed E-state index contributed by atoms with van der Waals surface area (Å²) in [4.78, 5) is 27.8. The van der Waals surface area contributed by atoms with Crippen LogP contribution >= 0.6 is 0 Å². The van der Waals surface area contributed by atoms with Gasteiger partial charge in [-0.25, -0.2) is 0 Å². The zero-order valence-electron chi connectivity index (χ0n) is 15.8. The maximum atomic E-state index is 13.1. The average molecular weight is 355 g/mol. The molecule has 1 unspecified atom stereocenters. The fourth-order valence-corrected chi connectivity index (χ4v) is 3.28. The van der Waals surface area contributed by atoms with E-state index in [2.05, 4.69) is 5.32 Å². The molecule has 2 heterocycles. The topological polar surface area (TPSA) is 63.6 Å². The van der Waals surface area contributed by atoms with Gasteiger partial charge in [0.1, 0.15) is 11.8 Å². The van der Waals surface area contributed by atoms with Crippen LogP contribution in [0.4, 0.5) is 5.69 Å². The Morgan fingerprint density at radius 1 is 1.15 bits per heavy atom. The molecule has 2 amide bonds. The molecule has 1 N–H and O–H groups in total. The molecule has 3 rings (SSSR count). The first-order valence-corrected chi connectivity index (χ1v) is 8.69. The van der Waals surface area contributed by atoms with E-state index in [1.807, 2.05) is 50.6 Å². The second-order valence-electron chi connectivity index (χ2n) is 7.56. The highest BCUT2D eigenvalue weighted by atomic mass is 16.5. The second kappa shape index (κ2) is 6.52.